The molecule has 4 atom stereocenters. The molecule has 2 rings (SSSR count). The molecule has 0 bridgehead atoms. The van der Waals surface area contributed by atoms with Gasteiger partial charge in [0.2, 0.25) is 0 Å². The zero-order valence-electron chi connectivity index (χ0n) is 31.1. The second-order valence-electron chi connectivity index (χ2n) is 13.2. The quantitative estimate of drug-likeness (QED) is 0.0283. The zero-order valence-corrected chi connectivity index (χ0v) is 32.6. The van der Waals surface area contributed by atoms with Gasteiger partial charge in [-0.05, 0) is 77.0 Å². The monoisotopic (exact) mass is 738 g/mol. The minimum atomic E-state index is -0.681. The summed E-state index contributed by atoms with van der Waals surface area (Å²) >= 11 is 3.41. The van der Waals surface area contributed by atoms with Crippen LogP contribution in [0.5, 0.6) is 0 Å². The number of terminal acetylenes is 1. The van der Waals surface area contributed by atoms with E-state index in [1.807, 2.05) is 0 Å². The predicted molar refractivity (Wildman–Crippen MR) is 203 cm³/mol. The van der Waals surface area contributed by atoms with Crippen LogP contribution in [0.15, 0.2) is 0 Å². The number of ether oxygens (including phenoxy) is 3. The number of carboxylic acid groups (broad SMARTS) is 1. The zero-order chi connectivity index (χ0) is 35.5. The molecule has 7 heteroatoms. The van der Waals surface area contributed by atoms with Crippen molar-refractivity contribution >= 4 is 27.9 Å². The van der Waals surface area contributed by atoms with E-state index in [2.05, 4.69) is 52.3 Å². The van der Waals surface area contributed by atoms with Crippen molar-refractivity contribution in [3.63, 3.8) is 0 Å². The van der Waals surface area contributed by atoms with Gasteiger partial charge in [0.25, 0.3) is 0 Å². The molecule has 2 heterocycles. The molecule has 0 aromatic rings. The topological polar surface area (TPSA) is 88.7 Å². The van der Waals surface area contributed by atoms with Crippen LogP contribution < -0.4 is 0 Å². The van der Waals surface area contributed by atoms with Gasteiger partial charge in [-0.1, -0.05) is 94.0 Å². The van der Waals surface area contributed by atoms with Crippen molar-refractivity contribution < 1.29 is 28.9 Å². The Morgan fingerprint density at radius 3 is 1.46 bits per heavy atom. The highest BCUT2D eigenvalue weighted by Gasteiger charge is 2.36. The minimum absolute atomic E-state index is 0.0837. The van der Waals surface area contributed by atoms with E-state index >= 15 is 0 Å². The van der Waals surface area contributed by atoms with E-state index in [-0.39, 0.29) is 5.97 Å². The summed E-state index contributed by atoms with van der Waals surface area (Å²) in [5, 5.41) is 9.53. The van der Waals surface area contributed by atoms with E-state index < -0.39 is 5.97 Å². The first-order chi connectivity index (χ1) is 23.4. The van der Waals surface area contributed by atoms with Crippen molar-refractivity contribution in [3.05, 3.63) is 0 Å². The number of hydrogen-bond acceptors (Lipinski definition) is 5. The molecular weight excluding hydrogens is 668 g/mol. The molecular formula is C41H71BrO6. The van der Waals surface area contributed by atoms with Gasteiger partial charge in [0.05, 0.1) is 31.5 Å². The summed E-state index contributed by atoms with van der Waals surface area (Å²) < 4.78 is 15.6. The third kappa shape index (κ3) is 33.0. The molecule has 0 spiro atoms. The lowest BCUT2D eigenvalue weighted by Crippen LogP contribution is -1.99. The average molecular weight is 740 g/mol. The van der Waals surface area contributed by atoms with E-state index in [4.69, 9.17) is 21.0 Å². The van der Waals surface area contributed by atoms with Crippen LogP contribution >= 0.6 is 15.9 Å². The maximum atomic E-state index is 10.9. The number of halogens is 1. The van der Waals surface area contributed by atoms with E-state index in [1.54, 1.807) is 0 Å². The van der Waals surface area contributed by atoms with Crippen LogP contribution in [-0.2, 0) is 23.8 Å². The third-order valence-corrected chi connectivity index (χ3v) is 9.40. The number of epoxide rings is 2. The first kappa shape index (κ1) is 46.5. The molecule has 278 valence electrons. The molecule has 2 fully saturated rings. The Labute approximate surface area is 304 Å². The molecule has 48 heavy (non-hydrogen) atoms. The second-order valence-corrected chi connectivity index (χ2v) is 13.9. The summed E-state index contributed by atoms with van der Waals surface area (Å²) in [7, 11) is 1.45. The van der Waals surface area contributed by atoms with Crippen LogP contribution in [0, 0.1) is 24.2 Å². The molecule has 0 aromatic carbocycles. The number of esters is 1. The molecule has 2 aliphatic heterocycles. The van der Waals surface area contributed by atoms with E-state index in [9.17, 15) is 9.59 Å². The molecule has 1 N–H and O–H groups in total. The van der Waals surface area contributed by atoms with Gasteiger partial charge in [0, 0.05) is 37.4 Å². The fraction of sp³-hybridized carbons (Fsp3) is 0.854. The number of methoxy groups -OCH3 is 1. The van der Waals surface area contributed by atoms with E-state index in [0.29, 0.717) is 37.3 Å². The number of carbonyl (C=O) groups is 2. The van der Waals surface area contributed by atoms with Gasteiger partial charge in [0.1, 0.15) is 0 Å². The highest BCUT2D eigenvalue weighted by molar-refractivity contribution is 9.09. The van der Waals surface area contributed by atoms with E-state index in [1.165, 1.54) is 103 Å². The van der Waals surface area contributed by atoms with Gasteiger partial charge in [-0.2, -0.15) is 0 Å². The van der Waals surface area contributed by atoms with Gasteiger partial charge >= 0.3 is 11.9 Å². The Balaban J connectivity index is 0.000000773. The smallest absolute Gasteiger partial charge is 0.305 e. The Kier molecular flexibility index (Phi) is 34.2. The lowest BCUT2D eigenvalue weighted by Gasteiger charge is -2.00. The minimum Gasteiger partial charge on any atom is -0.481 e. The Morgan fingerprint density at radius 1 is 0.625 bits per heavy atom. The van der Waals surface area contributed by atoms with Crippen LogP contribution in [0.25, 0.3) is 0 Å². The summed E-state index contributed by atoms with van der Waals surface area (Å²) in [5.41, 5.74) is 0. The van der Waals surface area contributed by atoms with Crippen molar-refractivity contribution in [3.8, 4) is 24.2 Å². The second kappa shape index (κ2) is 35.3. The summed E-state index contributed by atoms with van der Waals surface area (Å²) in [6, 6.07) is 0. The molecule has 0 aromatic heterocycles. The summed E-state index contributed by atoms with van der Waals surface area (Å²) in [5.74, 6) is 8.47. The number of aliphatic carboxylic acids is 1. The number of rotatable bonds is 28. The molecule has 0 amide bonds. The van der Waals surface area contributed by atoms with Gasteiger partial charge in [-0.15, -0.1) is 24.2 Å². The number of carboxylic acids is 1. The van der Waals surface area contributed by atoms with Crippen LogP contribution in [0.1, 0.15) is 187 Å². The Morgan fingerprint density at radius 2 is 1.04 bits per heavy atom. The number of hydrogen-bond donors (Lipinski definition) is 1. The molecule has 2 saturated heterocycles. The number of unbranched alkanes of at least 4 members (excludes halogenated alkanes) is 17. The summed E-state index contributed by atoms with van der Waals surface area (Å²) in [6.07, 6.45) is 37.5. The normalized spacial score (nSPS) is 18.6. The highest BCUT2D eigenvalue weighted by atomic mass is 79.9. The average Bonchev–Trinajstić information content (AvgIpc) is 4.02. The van der Waals surface area contributed by atoms with Gasteiger partial charge in [-0.25, -0.2) is 0 Å². The van der Waals surface area contributed by atoms with Crippen molar-refractivity contribution in [2.75, 3.05) is 12.4 Å². The van der Waals surface area contributed by atoms with Crippen LogP contribution in [0.4, 0.5) is 0 Å². The van der Waals surface area contributed by atoms with Gasteiger partial charge < -0.3 is 19.3 Å². The molecule has 2 aliphatic rings. The van der Waals surface area contributed by atoms with Gasteiger partial charge in [0.15, 0.2) is 0 Å². The molecule has 0 aliphatic carbocycles. The lowest BCUT2D eigenvalue weighted by molar-refractivity contribution is -0.141. The third-order valence-electron chi connectivity index (χ3n) is 8.84. The maximum absolute atomic E-state index is 10.9. The number of carbonyl (C=O) groups excluding carboxylic acids is 1. The highest BCUT2D eigenvalue weighted by Crippen LogP contribution is 2.30. The van der Waals surface area contributed by atoms with Crippen molar-refractivity contribution in [1.29, 1.82) is 0 Å². The Bertz CT molecular complexity index is 859. The van der Waals surface area contributed by atoms with Gasteiger partial charge in [-0.3, -0.25) is 9.59 Å². The fourth-order valence-corrected chi connectivity index (χ4v) is 6.01. The number of alkyl halides is 1. The van der Waals surface area contributed by atoms with Crippen molar-refractivity contribution in [2.24, 2.45) is 0 Å². The van der Waals surface area contributed by atoms with Crippen LogP contribution in [0.2, 0.25) is 0 Å². The Hall–Kier alpha value is -1.54. The standard InChI is InChI=1S/C21H36O3.C12H20O2.C8H15BrO/c1-3-19-20(24-19)17-15-13-11-9-7-5-4-6-8-10-12-14-16-18-21(22)23-2;1-2-3-4-5-6-7-8-9-10-11-12(13)14;1-2-7-8(10-7)5-3-4-6-9/h19-20H,3-6,8,10-18H2,1-2H3;1H,3-11H2,(H,13,14);7-8H,2-6H2,1H3/t19-,20+;;7-,8?/m1.1/s1. The SMILES string of the molecule is C#CCCCCCCCCCC(=O)O.CC[C@H]1OC1CCCCBr.CC[C@H]1O[C@H]1CCCCC#CCCCCCCCCCC(=O)OC. The van der Waals surface area contributed by atoms with Crippen molar-refractivity contribution in [1.82, 2.24) is 0 Å². The lowest BCUT2D eigenvalue weighted by atomic mass is 10.1. The molecule has 1 unspecified atom stereocenters. The van der Waals surface area contributed by atoms with Crippen LogP contribution in [-0.4, -0.2) is 53.9 Å². The van der Waals surface area contributed by atoms with Crippen LogP contribution in [0.3, 0.4) is 0 Å². The van der Waals surface area contributed by atoms with E-state index in [0.717, 1.165) is 69.5 Å². The first-order valence-corrected chi connectivity index (χ1v) is 20.6. The molecule has 0 radical (unpaired) electrons. The largest absolute Gasteiger partial charge is 0.481 e. The first-order valence-electron chi connectivity index (χ1n) is 19.5. The molecule has 6 nitrogen and oxygen atoms in total. The summed E-state index contributed by atoms with van der Waals surface area (Å²) in [6.45, 7) is 4.39. The fourth-order valence-electron chi connectivity index (χ4n) is 5.62. The van der Waals surface area contributed by atoms with Crippen molar-refractivity contribution in [2.45, 2.75) is 212 Å². The summed E-state index contributed by atoms with van der Waals surface area (Å²) in [4.78, 5) is 21.1. The predicted octanol–water partition coefficient (Wildman–Crippen LogP) is 11.4. The maximum Gasteiger partial charge on any atom is 0.305 e. The molecule has 0 saturated carbocycles.